The Hall–Kier alpha value is -2.17. The van der Waals surface area contributed by atoms with E-state index in [2.05, 4.69) is 4.99 Å². The number of hydrogen-bond donors (Lipinski definition) is 2. The van der Waals surface area contributed by atoms with Crippen LogP contribution in [0.1, 0.15) is 45.1 Å². The summed E-state index contributed by atoms with van der Waals surface area (Å²) < 4.78 is 0. The summed E-state index contributed by atoms with van der Waals surface area (Å²) in [6.45, 7) is 5.38. The van der Waals surface area contributed by atoms with Gasteiger partial charge >= 0.3 is 11.9 Å². The molecule has 0 radical (unpaired) electrons. The average molecular weight is 317 g/mol. The number of aliphatic imine (C=N–C) groups is 1. The monoisotopic (exact) mass is 317 g/mol. The number of carboxylic acids is 2. The molecule has 2 N–H and O–H groups in total. The SMILES string of the molecule is CCCC1(C(=O)O)C(C)N=C(C)C(C(=O)O)C1c1ccccc1. The van der Waals surface area contributed by atoms with E-state index in [0.29, 0.717) is 18.6 Å². The molecule has 1 aromatic rings. The van der Waals surface area contributed by atoms with Crippen LogP contribution in [0.5, 0.6) is 0 Å². The van der Waals surface area contributed by atoms with Crippen LogP contribution in [0.25, 0.3) is 0 Å². The second-order valence-electron chi connectivity index (χ2n) is 6.25. The van der Waals surface area contributed by atoms with Crippen LogP contribution in [0.2, 0.25) is 0 Å². The molecule has 1 aromatic carbocycles. The van der Waals surface area contributed by atoms with Gasteiger partial charge in [0.25, 0.3) is 0 Å². The Kier molecular flexibility index (Phi) is 4.88. The summed E-state index contributed by atoms with van der Waals surface area (Å²) >= 11 is 0. The summed E-state index contributed by atoms with van der Waals surface area (Å²) in [4.78, 5) is 28.6. The van der Waals surface area contributed by atoms with Crippen LogP contribution in [0.4, 0.5) is 0 Å². The van der Waals surface area contributed by atoms with E-state index < -0.39 is 35.2 Å². The van der Waals surface area contributed by atoms with Gasteiger partial charge in [-0.25, -0.2) is 0 Å². The average Bonchev–Trinajstić information content (AvgIpc) is 2.49. The third-order valence-electron chi connectivity index (χ3n) is 4.97. The van der Waals surface area contributed by atoms with Gasteiger partial charge in [-0.2, -0.15) is 0 Å². The van der Waals surface area contributed by atoms with Crippen molar-refractivity contribution >= 4 is 17.7 Å². The second kappa shape index (κ2) is 6.52. The topological polar surface area (TPSA) is 87.0 Å². The number of carboxylic acid groups (broad SMARTS) is 2. The van der Waals surface area contributed by atoms with Gasteiger partial charge in [-0.15, -0.1) is 0 Å². The molecule has 23 heavy (non-hydrogen) atoms. The molecule has 0 aliphatic carbocycles. The number of nitrogens with zero attached hydrogens (tertiary/aromatic N) is 1. The molecule has 5 heteroatoms. The fraction of sp³-hybridized carbons (Fsp3) is 0.500. The van der Waals surface area contributed by atoms with Crippen LogP contribution in [-0.2, 0) is 9.59 Å². The van der Waals surface area contributed by atoms with E-state index in [1.54, 1.807) is 13.8 Å². The van der Waals surface area contributed by atoms with E-state index in [9.17, 15) is 19.8 Å². The number of benzene rings is 1. The molecule has 1 heterocycles. The molecule has 4 unspecified atom stereocenters. The quantitative estimate of drug-likeness (QED) is 0.873. The van der Waals surface area contributed by atoms with Crippen LogP contribution in [0.3, 0.4) is 0 Å². The minimum absolute atomic E-state index is 0.392. The first kappa shape index (κ1) is 17.2. The molecule has 4 atom stereocenters. The molecule has 2 rings (SSSR count). The third kappa shape index (κ3) is 2.76. The highest BCUT2D eigenvalue weighted by Gasteiger charge is 2.57. The Labute approximate surface area is 136 Å². The predicted molar refractivity (Wildman–Crippen MR) is 87.9 cm³/mol. The zero-order valence-electron chi connectivity index (χ0n) is 13.7. The molecule has 5 nitrogen and oxygen atoms in total. The number of rotatable bonds is 5. The van der Waals surface area contributed by atoms with Crippen LogP contribution >= 0.6 is 0 Å². The Morgan fingerprint density at radius 3 is 2.30 bits per heavy atom. The summed E-state index contributed by atoms with van der Waals surface area (Å²) in [5.41, 5.74) is 0.0299. The van der Waals surface area contributed by atoms with Crippen molar-refractivity contribution in [2.24, 2.45) is 16.3 Å². The van der Waals surface area contributed by atoms with Crippen LogP contribution in [0.15, 0.2) is 35.3 Å². The number of hydrogen-bond acceptors (Lipinski definition) is 3. The van der Waals surface area contributed by atoms with Gasteiger partial charge in [-0.1, -0.05) is 43.7 Å². The van der Waals surface area contributed by atoms with Crippen molar-refractivity contribution in [3.05, 3.63) is 35.9 Å². The molecule has 0 fully saturated rings. The number of carbonyl (C=O) groups is 2. The van der Waals surface area contributed by atoms with Crippen LogP contribution < -0.4 is 0 Å². The molecule has 1 aliphatic heterocycles. The van der Waals surface area contributed by atoms with Crippen LogP contribution in [0, 0.1) is 11.3 Å². The van der Waals surface area contributed by atoms with E-state index in [0.717, 1.165) is 5.56 Å². The van der Waals surface area contributed by atoms with Gasteiger partial charge in [-0.3, -0.25) is 14.6 Å². The van der Waals surface area contributed by atoms with Gasteiger partial charge in [0.1, 0.15) is 5.92 Å². The van der Waals surface area contributed by atoms with E-state index >= 15 is 0 Å². The van der Waals surface area contributed by atoms with E-state index in [1.165, 1.54) is 0 Å². The first-order chi connectivity index (χ1) is 10.9. The molecule has 0 saturated carbocycles. The summed E-state index contributed by atoms with van der Waals surface area (Å²) in [5, 5.41) is 19.8. The van der Waals surface area contributed by atoms with Crippen molar-refractivity contribution < 1.29 is 19.8 Å². The summed E-state index contributed by atoms with van der Waals surface area (Å²) in [5.74, 6) is -3.54. The molecule has 124 valence electrons. The van der Waals surface area contributed by atoms with E-state index in [-0.39, 0.29) is 0 Å². The van der Waals surface area contributed by atoms with E-state index in [1.807, 2.05) is 37.3 Å². The maximum atomic E-state index is 12.3. The van der Waals surface area contributed by atoms with Crippen molar-refractivity contribution in [3.8, 4) is 0 Å². The molecular formula is C18H23NO4. The summed E-state index contributed by atoms with van der Waals surface area (Å²) in [6, 6.07) is 8.64. The molecule has 0 aromatic heterocycles. The third-order valence-corrected chi connectivity index (χ3v) is 4.97. The van der Waals surface area contributed by atoms with Crippen molar-refractivity contribution in [2.75, 3.05) is 0 Å². The lowest BCUT2D eigenvalue weighted by atomic mass is 9.58. The lowest BCUT2D eigenvalue weighted by Crippen LogP contribution is -2.53. The highest BCUT2D eigenvalue weighted by Crippen LogP contribution is 2.51. The summed E-state index contributed by atoms with van der Waals surface area (Å²) in [7, 11) is 0. The molecule has 0 saturated heterocycles. The predicted octanol–water partition coefficient (Wildman–Crippen LogP) is 3.21. The highest BCUT2D eigenvalue weighted by molar-refractivity contribution is 6.03. The largest absolute Gasteiger partial charge is 0.481 e. The normalized spacial score (nSPS) is 30.6. The fourth-order valence-corrected chi connectivity index (χ4v) is 3.97. The summed E-state index contributed by atoms with van der Waals surface area (Å²) in [6.07, 6.45) is 1.05. The first-order valence-corrected chi connectivity index (χ1v) is 7.91. The lowest BCUT2D eigenvalue weighted by Gasteiger charge is -2.46. The van der Waals surface area contributed by atoms with Crippen LogP contribution in [-0.4, -0.2) is 33.9 Å². The van der Waals surface area contributed by atoms with Crippen molar-refractivity contribution in [2.45, 2.75) is 45.6 Å². The first-order valence-electron chi connectivity index (χ1n) is 7.91. The van der Waals surface area contributed by atoms with Crippen molar-refractivity contribution in [3.63, 3.8) is 0 Å². The van der Waals surface area contributed by atoms with Crippen molar-refractivity contribution in [1.82, 2.24) is 0 Å². The van der Waals surface area contributed by atoms with Gasteiger partial charge in [0.05, 0.1) is 11.5 Å². The van der Waals surface area contributed by atoms with Gasteiger partial charge in [0.15, 0.2) is 0 Å². The molecule has 0 bridgehead atoms. The molecule has 0 amide bonds. The van der Waals surface area contributed by atoms with Gasteiger partial charge in [-0.05, 0) is 25.8 Å². The molecule has 1 aliphatic rings. The van der Waals surface area contributed by atoms with E-state index in [4.69, 9.17) is 0 Å². The Morgan fingerprint density at radius 1 is 1.22 bits per heavy atom. The smallest absolute Gasteiger partial charge is 0.312 e. The highest BCUT2D eigenvalue weighted by atomic mass is 16.4. The Morgan fingerprint density at radius 2 is 1.83 bits per heavy atom. The minimum atomic E-state index is -1.21. The minimum Gasteiger partial charge on any atom is -0.481 e. The number of aliphatic carboxylic acids is 2. The standard InChI is InChI=1S/C18H23NO4/c1-4-10-18(17(22)23)12(3)19-11(2)14(16(20)21)15(18)13-8-6-5-7-9-13/h5-9,12,14-15H,4,10H2,1-3H3,(H,20,21)(H,22,23). The Bertz CT molecular complexity index is 625. The van der Waals surface area contributed by atoms with Gasteiger partial charge in [0.2, 0.25) is 0 Å². The zero-order chi connectivity index (χ0) is 17.2. The maximum Gasteiger partial charge on any atom is 0.312 e. The zero-order valence-corrected chi connectivity index (χ0v) is 13.7. The fourth-order valence-electron chi connectivity index (χ4n) is 3.97. The maximum absolute atomic E-state index is 12.3. The Balaban J connectivity index is 2.74. The molecular weight excluding hydrogens is 294 g/mol. The van der Waals surface area contributed by atoms with Gasteiger partial charge < -0.3 is 10.2 Å². The molecule has 0 spiro atoms. The van der Waals surface area contributed by atoms with Crippen molar-refractivity contribution in [1.29, 1.82) is 0 Å². The lowest BCUT2D eigenvalue weighted by molar-refractivity contribution is -0.156. The second-order valence-corrected chi connectivity index (χ2v) is 6.25. The van der Waals surface area contributed by atoms with Gasteiger partial charge in [0, 0.05) is 11.6 Å².